The number of amides is 2. The van der Waals surface area contributed by atoms with E-state index in [0.717, 1.165) is 0 Å². The number of carboxylic acid groups (broad SMARTS) is 1. The summed E-state index contributed by atoms with van der Waals surface area (Å²) >= 11 is 0. The maximum Gasteiger partial charge on any atom is 0.326 e. The first-order valence-electron chi connectivity index (χ1n) is 6.36. The van der Waals surface area contributed by atoms with Crippen molar-refractivity contribution in [3.05, 3.63) is 0 Å². The molecule has 0 unspecified atom stereocenters. The number of nitrogens with zero attached hydrogens (tertiary/aromatic N) is 1. The lowest BCUT2D eigenvalue weighted by atomic mass is 10.0. The average Bonchev–Trinajstić information content (AvgIpc) is 2.28. The number of aliphatic hydroxyl groups is 1. The standard InChI is InChI=1S/C12H22N2O4/c1-8(2)7-10(11(16)17)13-12(18)14-5-3-9(15)4-6-14/h8-10,15H,3-7H2,1-2H3,(H,13,18)(H,16,17)/t10-/m0/s1. The number of hydrogen-bond acceptors (Lipinski definition) is 3. The highest BCUT2D eigenvalue weighted by molar-refractivity contribution is 5.82. The molecule has 1 rings (SSSR count). The van der Waals surface area contributed by atoms with Crippen LogP contribution < -0.4 is 5.32 Å². The zero-order chi connectivity index (χ0) is 13.7. The first-order chi connectivity index (χ1) is 8.40. The fraction of sp³-hybridized carbons (Fsp3) is 0.833. The summed E-state index contributed by atoms with van der Waals surface area (Å²) in [5, 5.41) is 20.9. The van der Waals surface area contributed by atoms with Crippen molar-refractivity contribution in [3.63, 3.8) is 0 Å². The Morgan fingerprint density at radius 2 is 1.89 bits per heavy atom. The van der Waals surface area contributed by atoms with Crippen LogP contribution in [0.4, 0.5) is 4.79 Å². The molecule has 0 radical (unpaired) electrons. The first-order valence-corrected chi connectivity index (χ1v) is 6.36. The van der Waals surface area contributed by atoms with Crippen molar-refractivity contribution >= 4 is 12.0 Å². The molecule has 0 aliphatic carbocycles. The normalized spacial score (nSPS) is 18.8. The highest BCUT2D eigenvalue weighted by Gasteiger charge is 2.26. The van der Waals surface area contributed by atoms with E-state index in [1.165, 1.54) is 0 Å². The molecule has 18 heavy (non-hydrogen) atoms. The van der Waals surface area contributed by atoms with Crippen LogP contribution in [0, 0.1) is 5.92 Å². The fourth-order valence-electron chi connectivity index (χ4n) is 2.00. The van der Waals surface area contributed by atoms with Gasteiger partial charge < -0.3 is 20.4 Å². The molecule has 1 aliphatic heterocycles. The van der Waals surface area contributed by atoms with Gasteiger partial charge in [0, 0.05) is 13.1 Å². The van der Waals surface area contributed by atoms with Crippen LogP contribution in [0.3, 0.4) is 0 Å². The van der Waals surface area contributed by atoms with E-state index in [2.05, 4.69) is 5.32 Å². The Labute approximate surface area is 107 Å². The molecule has 1 heterocycles. The Hall–Kier alpha value is -1.30. The molecule has 6 nitrogen and oxygen atoms in total. The summed E-state index contributed by atoms with van der Waals surface area (Å²) in [5.74, 6) is -0.802. The average molecular weight is 258 g/mol. The third kappa shape index (κ3) is 4.52. The smallest absolute Gasteiger partial charge is 0.326 e. The molecular weight excluding hydrogens is 236 g/mol. The molecule has 0 spiro atoms. The molecule has 104 valence electrons. The van der Waals surface area contributed by atoms with Crippen molar-refractivity contribution in [1.29, 1.82) is 0 Å². The number of hydrogen-bond donors (Lipinski definition) is 3. The van der Waals surface area contributed by atoms with Crippen molar-refractivity contribution in [2.75, 3.05) is 13.1 Å². The number of carbonyl (C=O) groups is 2. The molecule has 1 saturated heterocycles. The van der Waals surface area contributed by atoms with Crippen molar-refractivity contribution in [2.24, 2.45) is 5.92 Å². The maximum atomic E-state index is 11.9. The van der Waals surface area contributed by atoms with Crippen molar-refractivity contribution in [2.45, 2.75) is 45.3 Å². The second kappa shape index (κ2) is 6.58. The van der Waals surface area contributed by atoms with Gasteiger partial charge in [-0.15, -0.1) is 0 Å². The SMILES string of the molecule is CC(C)C[C@H](NC(=O)N1CCC(O)CC1)C(=O)O. The lowest BCUT2D eigenvalue weighted by Gasteiger charge is -2.30. The summed E-state index contributed by atoms with van der Waals surface area (Å²) in [5.41, 5.74) is 0. The molecule has 0 saturated carbocycles. The zero-order valence-corrected chi connectivity index (χ0v) is 10.9. The molecule has 0 aromatic heterocycles. The Morgan fingerprint density at radius 3 is 2.33 bits per heavy atom. The number of aliphatic carboxylic acids is 1. The van der Waals surface area contributed by atoms with Gasteiger partial charge in [0.2, 0.25) is 0 Å². The quantitative estimate of drug-likeness (QED) is 0.690. The molecule has 0 bridgehead atoms. The molecule has 0 aromatic rings. The Morgan fingerprint density at radius 1 is 1.33 bits per heavy atom. The number of piperidine rings is 1. The summed E-state index contributed by atoms with van der Waals surface area (Å²) in [4.78, 5) is 24.5. The van der Waals surface area contributed by atoms with Gasteiger partial charge in [-0.2, -0.15) is 0 Å². The van der Waals surface area contributed by atoms with Gasteiger partial charge in [0.05, 0.1) is 6.10 Å². The molecule has 1 atom stereocenters. The predicted molar refractivity (Wildman–Crippen MR) is 66.2 cm³/mol. The van der Waals surface area contributed by atoms with Gasteiger partial charge in [0.15, 0.2) is 0 Å². The maximum absolute atomic E-state index is 11.9. The van der Waals surface area contributed by atoms with Crippen LogP contribution >= 0.6 is 0 Å². The molecule has 6 heteroatoms. The van der Waals surface area contributed by atoms with Gasteiger partial charge >= 0.3 is 12.0 Å². The van der Waals surface area contributed by atoms with E-state index >= 15 is 0 Å². The molecule has 1 aliphatic rings. The Kier molecular flexibility index (Phi) is 5.40. The van der Waals surface area contributed by atoms with E-state index in [0.29, 0.717) is 32.4 Å². The third-order valence-electron chi connectivity index (χ3n) is 3.05. The summed E-state index contributed by atoms with van der Waals surface area (Å²) in [7, 11) is 0. The highest BCUT2D eigenvalue weighted by atomic mass is 16.4. The Bertz CT molecular complexity index is 298. The lowest BCUT2D eigenvalue weighted by Crippen LogP contribution is -2.51. The van der Waals surface area contributed by atoms with Gasteiger partial charge in [-0.3, -0.25) is 0 Å². The molecule has 3 N–H and O–H groups in total. The second-order valence-electron chi connectivity index (χ2n) is 5.19. The van der Waals surface area contributed by atoms with Crippen LogP contribution in [-0.2, 0) is 4.79 Å². The summed E-state index contributed by atoms with van der Waals surface area (Å²) in [6.45, 7) is 4.78. The van der Waals surface area contributed by atoms with Gasteiger partial charge in [0.1, 0.15) is 6.04 Å². The van der Waals surface area contributed by atoms with E-state index in [9.17, 15) is 14.7 Å². The van der Waals surface area contributed by atoms with Crippen LogP contribution in [0.1, 0.15) is 33.1 Å². The van der Waals surface area contributed by atoms with Crippen LogP contribution in [0.25, 0.3) is 0 Å². The predicted octanol–water partition coefficient (Wildman–Crippen LogP) is 0.652. The second-order valence-corrected chi connectivity index (χ2v) is 5.19. The van der Waals surface area contributed by atoms with Crippen LogP contribution in [0.2, 0.25) is 0 Å². The van der Waals surface area contributed by atoms with Gasteiger partial charge in [-0.1, -0.05) is 13.8 Å². The fourth-order valence-corrected chi connectivity index (χ4v) is 2.00. The van der Waals surface area contributed by atoms with Crippen molar-refractivity contribution in [3.8, 4) is 0 Å². The number of carbonyl (C=O) groups excluding carboxylic acids is 1. The molecular formula is C12H22N2O4. The number of rotatable bonds is 4. The number of likely N-dealkylation sites (tertiary alicyclic amines) is 1. The molecule has 0 aromatic carbocycles. The zero-order valence-electron chi connectivity index (χ0n) is 10.9. The molecule has 2 amide bonds. The monoisotopic (exact) mass is 258 g/mol. The number of carboxylic acids is 1. The third-order valence-corrected chi connectivity index (χ3v) is 3.05. The summed E-state index contributed by atoms with van der Waals surface area (Å²) in [6.07, 6.45) is 1.17. The minimum absolute atomic E-state index is 0.203. The number of urea groups is 1. The minimum atomic E-state index is -1.01. The van der Waals surface area contributed by atoms with Gasteiger partial charge in [-0.25, -0.2) is 9.59 Å². The molecule has 1 fully saturated rings. The van der Waals surface area contributed by atoms with E-state index in [1.54, 1.807) is 4.90 Å². The first kappa shape index (κ1) is 14.8. The number of nitrogens with one attached hydrogen (secondary N) is 1. The minimum Gasteiger partial charge on any atom is -0.480 e. The summed E-state index contributed by atoms with van der Waals surface area (Å²) < 4.78 is 0. The largest absolute Gasteiger partial charge is 0.480 e. The van der Waals surface area contributed by atoms with Gasteiger partial charge in [0.25, 0.3) is 0 Å². The lowest BCUT2D eigenvalue weighted by molar-refractivity contribution is -0.139. The topological polar surface area (TPSA) is 89.9 Å². The van der Waals surface area contributed by atoms with E-state index in [4.69, 9.17) is 5.11 Å². The van der Waals surface area contributed by atoms with Crippen molar-refractivity contribution in [1.82, 2.24) is 10.2 Å². The van der Waals surface area contributed by atoms with Gasteiger partial charge in [-0.05, 0) is 25.2 Å². The van der Waals surface area contributed by atoms with Crippen LogP contribution in [0.15, 0.2) is 0 Å². The summed E-state index contributed by atoms with van der Waals surface area (Å²) in [6, 6.07) is -1.20. The van der Waals surface area contributed by atoms with Crippen molar-refractivity contribution < 1.29 is 19.8 Å². The van der Waals surface area contributed by atoms with E-state index in [1.807, 2.05) is 13.8 Å². The van der Waals surface area contributed by atoms with E-state index < -0.39 is 12.0 Å². The Balaban J connectivity index is 2.48. The highest BCUT2D eigenvalue weighted by Crippen LogP contribution is 2.11. The number of aliphatic hydroxyl groups excluding tert-OH is 1. The van der Waals surface area contributed by atoms with Crippen LogP contribution in [0.5, 0.6) is 0 Å². The van der Waals surface area contributed by atoms with Crippen LogP contribution in [-0.4, -0.2) is 52.3 Å². The van der Waals surface area contributed by atoms with E-state index in [-0.39, 0.29) is 18.1 Å².